The Balaban J connectivity index is 0.000000134. The maximum Gasteiger partial charge on any atom is 0.155 e. The van der Waals surface area contributed by atoms with E-state index in [9.17, 15) is 9.18 Å². The molecule has 0 radical (unpaired) electrons. The topological polar surface area (TPSA) is 58.6 Å². The molecule has 1 N–H and O–H groups in total. The van der Waals surface area contributed by atoms with Crippen LogP contribution in [0.5, 0.6) is 0 Å². The molecule has 2 heterocycles. The summed E-state index contributed by atoms with van der Waals surface area (Å²) in [6.45, 7) is 0. The second-order valence-electron chi connectivity index (χ2n) is 3.48. The van der Waals surface area contributed by atoms with E-state index in [0.717, 1.165) is 11.0 Å². The average Bonchev–Trinajstić information content (AvgIpc) is 2.89. The molecule has 0 aliphatic rings. The Morgan fingerprint density at radius 2 is 1.94 bits per heavy atom. The third kappa shape index (κ3) is 2.98. The number of aromatic amines is 1. The molecular formula is C13H10FN3O. The maximum atomic E-state index is 12.1. The van der Waals surface area contributed by atoms with Crippen LogP contribution in [0.2, 0.25) is 0 Å². The number of pyridine rings is 1. The first-order valence-electron chi connectivity index (χ1n) is 5.24. The Labute approximate surface area is 102 Å². The molecule has 90 valence electrons. The third-order valence-corrected chi connectivity index (χ3v) is 2.22. The summed E-state index contributed by atoms with van der Waals surface area (Å²) in [5, 5.41) is 7.63. The Morgan fingerprint density at radius 1 is 1.17 bits per heavy atom. The van der Waals surface area contributed by atoms with E-state index in [1.807, 2.05) is 12.1 Å². The Hall–Kier alpha value is -2.56. The highest BCUT2D eigenvalue weighted by molar-refractivity contribution is 5.74. The number of benzene rings is 1. The number of hydrogen-bond donors (Lipinski definition) is 1. The molecule has 0 bridgehead atoms. The lowest BCUT2D eigenvalue weighted by molar-refractivity contribution is 0.112. The number of carbonyl (C=O) groups is 1. The Morgan fingerprint density at radius 3 is 2.61 bits per heavy atom. The van der Waals surface area contributed by atoms with Gasteiger partial charge in [-0.3, -0.25) is 9.89 Å². The van der Waals surface area contributed by atoms with Gasteiger partial charge in [0.05, 0.1) is 6.20 Å². The predicted molar refractivity (Wildman–Crippen MR) is 65.7 cm³/mol. The van der Waals surface area contributed by atoms with Gasteiger partial charge in [-0.15, -0.1) is 0 Å². The second kappa shape index (κ2) is 5.67. The predicted octanol–water partition coefficient (Wildman–Crippen LogP) is 2.60. The van der Waals surface area contributed by atoms with E-state index in [0.29, 0.717) is 11.8 Å². The summed E-state index contributed by atoms with van der Waals surface area (Å²) >= 11 is 0. The molecule has 5 heteroatoms. The number of aldehydes is 1. The molecule has 0 aliphatic heterocycles. The number of fused-ring (bicyclic) bond motifs is 1. The molecular weight excluding hydrogens is 233 g/mol. The van der Waals surface area contributed by atoms with Crippen molar-refractivity contribution in [2.75, 3.05) is 0 Å². The van der Waals surface area contributed by atoms with Crippen molar-refractivity contribution in [1.29, 1.82) is 0 Å². The lowest BCUT2D eigenvalue weighted by Gasteiger charge is -1.86. The average molecular weight is 243 g/mol. The molecule has 1 aromatic carbocycles. The fourth-order valence-corrected chi connectivity index (χ4v) is 1.32. The molecule has 0 aliphatic carbocycles. The first-order valence-corrected chi connectivity index (χ1v) is 5.24. The van der Waals surface area contributed by atoms with Crippen LogP contribution in [0, 0.1) is 5.82 Å². The standard InChI is InChI=1S/C7H5FO.C6H5N3/c8-7-3-1-6(5-9)2-4-7;1-2-5-4-8-9-6(5)7-3-1/h1-5H;1-4H,(H,7,8,9). The minimum Gasteiger partial charge on any atom is -0.298 e. The van der Waals surface area contributed by atoms with Gasteiger partial charge in [0, 0.05) is 17.1 Å². The van der Waals surface area contributed by atoms with Crippen molar-refractivity contribution in [2.45, 2.75) is 0 Å². The summed E-state index contributed by atoms with van der Waals surface area (Å²) in [4.78, 5) is 14.0. The van der Waals surface area contributed by atoms with Crippen molar-refractivity contribution >= 4 is 17.3 Å². The zero-order valence-corrected chi connectivity index (χ0v) is 9.38. The van der Waals surface area contributed by atoms with Gasteiger partial charge in [-0.05, 0) is 36.4 Å². The number of H-pyrrole nitrogens is 1. The number of aromatic nitrogens is 3. The Kier molecular flexibility index (Phi) is 3.76. The van der Waals surface area contributed by atoms with Crippen LogP contribution in [-0.2, 0) is 0 Å². The van der Waals surface area contributed by atoms with Crippen molar-refractivity contribution in [2.24, 2.45) is 0 Å². The van der Waals surface area contributed by atoms with E-state index in [2.05, 4.69) is 15.2 Å². The van der Waals surface area contributed by atoms with E-state index >= 15 is 0 Å². The SMILES string of the molecule is O=Cc1ccc(F)cc1.c1cnc2[nH]ncc2c1. The summed E-state index contributed by atoms with van der Waals surface area (Å²) in [5.41, 5.74) is 1.34. The van der Waals surface area contributed by atoms with Gasteiger partial charge in [0.15, 0.2) is 5.65 Å². The van der Waals surface area contributed by atoms with Gasteiger partial charge in [-0.1, -0.05) is 0 Å². The zero-order valence-electron chi connectivity index (χ0n) is 9.38. The molecule has 3 aromatic rings. The highest BCUT2D eigenvalue weighted by Gasteiger charge is 1.90. The molecule has 0 saturated heterocycles. The van der Waals surface area contributed by atoms with E-state index in [-0.39, 0.29) is 5.82 Å². The van der Waals surface area contributed by atoms with Crippen molar-refractivity contribution in [3.63, 3.8) is 0 Å². The molecule has 4 nitrogen and oxygen atoms in total. The van der Waals surface area contributed by atoms with Crippen LogP contribution in [0.15, 0.2) is 48.8 Å². The Bertz CT molecular complexity index is 604. The molecule has 0 spiro atoms. The number of rotatable bonds is 1. The number of carbonyl (C=O) groups excluding carboxylic acids is 1. The van der Waals surface area contributed by atoms with E-state index in [1.54, 1.807) is 12.4 Å². The van der Waals surface area contributed by atoms with Crippen LogP contribution in [0.25, 0.3) is 11.0 Å². The zero-order chi connectivity index (χ0) is 12.8. The highest BCUT2D eigenvalue weighted by atomic mass is 19.1. The summed E-state index contributed by atoms with van der Waals surface area (Å²) in [7, 11) is 0. The summed E-state index contributed by atoms with van der Waals surface area (Å²) in [6, 6.07) is 9.22. The van der Waals surface area contributed by atoms with Crippen LogP contribution in [0.4, 0.5) is 4.39 Å². The normalized spacial score (nSPS) is 9.61. The van der Waals surface area contributed by atoms with E-state index in [4.69, 9.17) is 0 Å². The van der Waals surface area contributed by atoms with Gasteiger partial charge in [0.2, 0.25) is 0 Å². The lowest BCUT2D eigenvalue weighted by Crippen LogP contribution is -1.77. The van der Waals surface area contributed by atoms with Gasteiger partial charge in [-0.2, -0.15) is 5.10 Å². The van der Waals surface area contributed by atoms with Gasteiger partial charge >= 0.3 is 0 Å². The monoisotopic (exact) mass is 243 g/mol. The van der Waals surface area contributed by atoms with E-state index < -0.39 is 0 Å². The van der Waals surface area contributed by atoms with Crippen molar-refractivity contribution < 1.29 is 9.18 Å². The minimum absolute atomic E-state index is 0.319. The van der Waals surface area contributed by atoms with Crippen LogP contribution in [0.1, 0.15) is 10.4 Å². The van der Waals surface area contributed by atoms with Gasteiger partial charge < -0.3 is 0 Å². The lowest BCUT2D eigenvalue weighted by atomic mass is 10.2. The highest BCUT2D eigenvalue weighted by Crippen LogP contribution is 2.03. The van der Waals surface area contributed by atoms with Crippen LogP contribution in [-0.4, -0.2) is 21.5 Å². The van der Waals surface area contributed by atoms with Gasteiger partial charge in [0.1, 0.15) is 12.1 Å². The third-order valence-electron chi connectivity index (χ3n) is 2.22. The minimum atomic E-state index is -0.319. The van der Waals surface area contributed by atoms with Crippen LogP contribution < -0.4 is 0 Å². The fourth-order valence-electron chi connectivity index (χ4n) is 1.32. The van der Waals surface area contributed by atoms with Crippen molar-refractivity contribution in [3.8, 4) is 0 Å². The van der Waals surface area contributed by atoms with Crippen LogP contribution in [0.3, 0.4) is 0 Å². The molecule has 0 saturated carbocycles. The fraction of sp³-hybridized carbons (Fsp3) is 0. The van der Waals surface area contributed by atoms with Gasteiger partial charge in [0.25, 0.3) is 0 Å². The molecule has 0 amide bonds. The van der Waals surface area contributed by atoms with Crippen LogP contribution >= 0.6 is 0 Å². The first kappa shape index (κ1) is 11.9. The number of nitrogens with zero attached hydrogens (tertiary/aromatic N) is 2. The number of halogens is 1. The summed E-state index contributed by atoms with van der Waals surface area (Å²) in [5.74, 6) is -0.319. The summed E-state index contributed by atoms with van der Waals surface area (Å²) in [6.07, 6.45) is 4.17. The molecule has 0 unspecified atom stereocenters. The second-order valence-corrected chi connectivity index (χ2v) is 3.48. The maximum absolute atomic E-state index is 12.1. The molecule has 18 heavy (non-hydrogen) atoms. The largest absolute Gasteiger partial charge is 0.298 e. The van der Waals surface area contributed by atoms with Gasteiger partial charge in [-0.25, -0.2) is 9.37 Å². The quantitative estimate of drug-likeness (QED) is 0.668. The number of hydrogen-bond acceptors (Lipinski definition) is 3. The molecule has 3 rings (SSSR count). The smallest absolute Gasteiger partial charge is 0.155 e. The summed E-state index contributed by atoms with van der Waals surface area (Å²) < 4.78 is 12.1. The van der Waals surface area contributed by atoms with E-state index in [1.165, 1.54) is 24.3 Å². The number of nitrogens with one attached hydrogen (secondary N) is 1. The molecule has 0 fully saturated rings. The molecule has 0 atom stereocenters. The van der Waals surface area contributed by atoms with Crippen molar-refractivity contribution in [1.82, 2.24) is 15.2 Å². The first-order chi connectivity index (χ1) is 8.79. The van der Waals surface area contributed by atoms with Crippen molar-refractivity contribution in [3.05, 3.63) is 60.2 Å². The molecule has 2 aromatic heterocycles.